The van der Waals surface area contributed by atoms with Crippen molar-refractivity contribution in [3.63, 3.8) is 0 Å². The molecule has 0 aliphatic heterocycles. The van der Waals surface area contributed by atoms with E-state index >= 15 is 0 Å². The maximum Gasteiger partial charge on any atom is 0.122 e. The van der Waals surface area contributed by atoms with E-state index in [1.165, 1.54) is 0 Å². The molecule has 0 aliphatic rings. The van der Waals surface area contributed by atoms with Gasteiger partial charge in [-0.05, 0) is 59.5 Å². The molecule has 1 aromatic rings. The van der Waals surface area contributed by atoms with Crippen LogP contribution in [0.3, 0.4) is 0 Å². The van der Waals surface area contributed by atoms with Crippen LogP contribution in [0, 0.1) is 0 Å². The minimum atomic E-state index is -0.477. The first kappa shape index (κ1) is 18.8. The predicted octanol–water partition coefficient (Wildman–Crippen LogP) is -0.0511. The van der Waals surface area contributed by atoms with Crippen molar-refractivity contribution in [2.24, 2.45) is 17.2 Å². The Morgan fingerprint density at radius 3 is 1.55 bits per heavy atom. The van der Waals surface area contributed by atoms with E-state index < -0.39 is 12.3 Å². The summed E-state index contributed by atoms with van der Waals surface area (Å²) in [5.41, 5.74) is 21.1. The second kappa shape index (κ2) is 7.36. The summed E-state index contributed by atoms with van der Waals surface area (Å²) in [6, 6.07) is 3.44. The van der Waals surface area contributed by atoms with Crippen LogP contribution in [0.4, 0.5) is 0 Å². The van der Waals surface area contributed by atoms with Crippen molar-refractivity contribution in [1.82, 2.24) is 14.7 Å². The van der Waals surface area contributed by atoms with E-state index in [9.17, 15) is 5.11 Å². The normalized spacial score (nSPS) is 16.4. The number of rotatable bonds is 6. The minimum absolute atomic E-state index is 0.128. The summed E-state index contributed by atoms with van der Waals surface area (Å²) >= 11 is 0. The Balaban J connectivity index is 3.63. The van der Waals surface area contributed by atoms with E-state index in [-0.39, 0.29) is 11.9 Å². The fraction of sp³-hybridized carbons (Fsp3) is 0.600. The van der Waals surface area contributed by atoms with E-state index in [1.54, 1.807) is 6.07 Å². The predicted molar refractivity (Wildman–Crippen MR) is 90.0 cm³/mol. The zero-order valence-electron chi connectivity index (χ0n) is 14.4. The van der Waals surface area contributed by atoms with E-state index in [0.29, 0.717) is 5.56 Å². The highest BCUT2D eigenvalue weighted by molar-refractivity contribution is 5.48. The molecule has 1 aromatic carbocycles. The Bertz CT molecular complexity index is 503. The van der Waals surface area contributed by atoms with Crippen molar-refractivity contribution in [2.75, 3.05) is 42.3 Å². The average molecular weight is 310 g/mol. The molecule has 0 spiro atoms. The van der Waals surface area contributed by atoms with Gasteiger partial charge in [-0.3, -0.25) is 14.7 Å². The van der Waals surface area contributed by atoms with Gasteiger partial charge in [0.15, 0.2) is 0 Å². The lowest BCUT2D eigenvalue weighted by molar-refractivity contribution is 0.263. The Labute approximate surface area is 133 Å². The minimum Gasteiger partial charge on any atom is -0.508 e. The lowest BCUT2D eigenvalue weighted by atomic mass is 9.93. The molecule has 126 valence electrons. The molecule has 22 heavy (non-hydrogen) atoms. The maximum absolute atomic E-state index is 10.4. The number of hydrogen-bond acceptors (Lipinski definition) is 7. The van der Waals surface area contributed by atoms with Gasteiger partial charge in [0.25, 0.3) is 0 Å². The van der Waals surface area contributed by atoms with Gasteiger partial charge in [-0.1, -0.05) is 6.07 Å². The summed E-state index contributed by atoms with van der Waals surface area (Å²) in [4.78, 5) is 5.58. The third-order valence-corrected chi connectivity index (χ3v) is 3.88. The standard InChI is InChI=1S/C15H30N6O/c1-19(2)13(16)9-7-8-10(22)12(15(18)21(5)6)11(9)14(17)20(3)4/h7-8,13-15,22H,16-18H2,1-6H3. The largest absolute Gasteiger partial charge is 0.508 e. The molecule has 1 rings (SSSR count). The van der Waals surface area contributed by atoms with E-state index in [0.717, 1.165) is 11.1 Å². The van der Waals surface area contributed by atoms with Crippen molar-refractivity contribution < 1.29 is 5.11 Å². The number of phenols is 1. The molecule has 0 saturated heterocycles. The molecule has 7 nitrogen and oxygen atoms in total. The maximum atomic E-state index is 10.4. The van der Waals surface area contributed by atoms with Gasteiger partial charge in [0, 0.05) is 5.56 Å². The van der Waals surface area contributed by atoms with E-state index in [4.69, 9.17) is 17.2 Å². The lowest BCUT2D eigenvalue weighted by Gasteiger charge is -2.33. The molecule has 0 saturated carbocycles. The summed E-state index contributed by atoms with van der Waals surface area (Å²) in [6.45, 7) is 0. The third-order valence-electron chi connectivity index (χ3n) is 3.88. The lowest BCUT2D eigenvalue weighted by Crippen LogP contribution is -2.37. The highest BCUT2D eigenvalue weighted by Gasteiger charge is 2.27. The molecule has 0 aromatic heterocycles. The van der Waals surface area contributed by atoms with Gasteiger partial charge in [-0.2, -0.15) is 0 Å². The van der Waals surface area contributed by atoms with Crippen LogP contribution in [0.5, 0.6) is 5.75 Å². The number of hydrogen-bond donors (Lipinski definition) is 4. The number of nitrogens with zero attached hydrogens (tertiary/aromatic N) is 3. The summed E-state index contributed by atoms with van der Waals surface area (Å²) in [5.74, 6) is 0.128. The van der Waals surface area contributed by atoms with Crippen molar-refractivity contribution >= 4 is 0 Å². The zero-order valence-corrected chi connectivity index (χ0v) is 14.4. The van der Waals surface area contributed by atoms with Crippen molar-refractivity contribution in [3.05, 3.63) is 28.8 Å². The molecular weight excluding hydrogens is 280 g/mol. The number of aromatic hydroxyl groups is 1. The zero-order chi connectivity index (χ0) is 17.2. The van der Waals surface area contributed by atoms with Gasteiger partial charge in [0.2, 0.25) is 0 Å². The molecule has 0 radical (unpaired) electrons. The van der Waals surface area contributed by atoms with Crippen molar-refractivity contribution in [2.45, 2.75) is 18.5 Å². The Morgan fingerprint density at radius 1 is 0.727 bits per heavy atom. The molecule has 7 N–H and O–H groups in total. The van der Waals surface area contributed by atoms with Gasteiger partial charge >= 0.3 is 0 Å². The molecule has 7 heteroatoms. The van der Waals surface area contributed by atoms with Gasteiger partial charge in [-0.25, -0.2) is 0 Å². The fourth-order valence-electron chi connectivity index (χ4n) is 2.34. The summed E-state index contributed by atoms with van der Waals surface area (Å²) in [7, 11) is 11.3. The second-order valence-electron chi connectivity index (χ2n) is 6.23. The number of benzene rings is 1. The van der Waals surface area contributed by atoms with Crippen LogP contribution in [0.2, 0.25) is 0 Å². The van der Waals surface area contributed by atoms with E-state index in [2.05, 4.69) is 0 Å². The molecule has 3 unspecified atom stereocenters. The van der Waals surface area contributed by atoms with Crippen LogP contribution in [-0.2, 0) is 0 Å². The molecule has 0 heterocycles. The summed E-state index contributed by atoms with van der Waals surface area (Å²) < 4.78 is 0. The van der Waals surface area contributed by atoms with Crippen LogP contribution in [0.25, 0.3) is 0 Å². The fourth-order valence-corrected chi connectivity index (χ4v) is 2.34. The first-order chi connectivity index (χ1) is 10.1. The number of nitrogens with two attached hydrogens (primary N) is 3. The van der Waals surface area contributed by atoms with E-state index in [1.807, 2.05) is 63.1 Å². The first-order valence-corrected chi connectivity index (χ1v) is 7.21. The molecule has 0 aliphatic carbocycles. The van der Waals surface area contributed by atoms with Gasteiger partial charge < -0.3 is 22.3 Å². The van der Waals surface area contributed by atoms with Gasteiger partial charge in [-0.15, -0.1) is 0 Å². The average Bonchev–Trinajstić information content (AvgIpc) is 2.44. The van der Waals surface area contributed by atoms with Crippen LogP contribution < -0.4 is 17.2 Å². The molecular formula is C15H30N6O. The van der Waals surface area contributed by atoms with Crippen molar-refractivity contribution in [3.8, 4) is 5.75 Å². The highest BCUT2D eigenvalue weighted by Crippen LogP contribution is 2.36. The van der Waals surface area contributed by atoms with Gasteiger partial charge in [0.05, 0.1) is 18.5 Å². The van der Waals surface area contributed by atoms with Crippen LogP contribution >= 0.6 is 0 Å². The molecule has 0 bridgehead atoms. The van der Waals surface area contributed by atoms with Crippen molar-refractivity contribution in [1.29, 1.82) is 0 Å². The molecule has 3 atom stereocenters. The smallest absolute Gasteiger partial charge is 0.122 e. The summed E-state index contributed by atoms with van der Waals surface area (Å²) in [6.07, 6.45) is -1.24. The monoisotopic (exact) mass is 310 g/mol. The second-order valence-corrected chi connectivity index (χ2v) is 6.23. The Kier molecular flexibility index (Phi) is 6.30. The first-order valence-electron chi connectivity index (χ1n) is 7.21. The van der Waals surface area contributed by atoms with Gasteiger partial charge in [0.1, 0.15) is 5.75 Å². The van der Waals surface area contributed by atoms with Crippen LogP contribution in [0.15, 0.2) is 12.1 Å². The van der Waals surface area contributed by atoms with Crippen LogP contribution in [-0.4, -0.2) is 62.1 Å². The highest BCUT2D eigenvalue weighted by atomic mass is 16.3. The Morgan fingerprint density at radius 2 is 1.14 bits per heavy atom. The molecule has 0 amide bonds. The quantitative estimate of drug-likeness (QED) is 0.546. The third kappa shape index (κ3) is 3.75. The summed E-state index contributed by atoms with van der Waals surface area (Å²) in [5, 5.41) is 10.4. The SMILES string of the molecule is CN(C)C(N)c1ccc(O)c(C(N)N(C)C)c1C(N)N(C)C. The number of phenolic OH excluding ortho intramolecular Hbond substituents is 1. The molecule has 0 fully saturated rings. The Hall–Kier alpha value is -1.22. The topological polar surface area (TPSA) is 108 Å². The van der Waals surface area contributed by atoms with Crippen LogP contribution in [0.1, 0.15) is 35.2 Å².